The molecule has 0 spiro atoms. The highest BCUT2D eigenvalue weighted by Gasteiger charge is 2.17. The number of carbonyl (C=O) groups is 2. The van der Waals surface area contributed by atoms with E-state index in [9.17, 15) is 19.7 Å². The molecule has 1 atom stereocenters. The smallest absolute Gasteiger partial charge is 0.326 e. The lowest BCUT2D eigenvalue weighted by atomic mass is 10.1. The van der Waals surface area contributed by atoms with E-state index in [1.54, 1.807) is 6.92 Å². The maximum atomic E-state index is 12.0. The van der Waals surface area contributed by atoms with E-state index in [0.29, 0.717) is 0 Å². The van der Waals surface area contributed by atoms with Gasteiger partial charge >= 0.3 is 5.97 Å². The van der Waals surface area contributed by atoms with Crippen molar-refractivity contribution in [2.24, 2.45) is 0 Å². The lowest BCUT2D eigenvalue weighted by molar-refractivity contribution is -0.384. The van der Waals surface area contributed by atoms with Crippen LogP contribution in [0.25, 0.3) is 0 Å². The summed E-state index contributed by atoms with van der Waals surface area (Å²) < 4.78 is 5.22. The first-order valence-corrected chi connectivity index (χ1v) is 7.73. The second-order valence-corrected chi connectivity index (χ2v) is 5.56. The Hall–Kier alpha value is -2.93. The van der Waals surface area contributed by atoms with Crippen molar-refractivity contribution < 1.29 is 19.2 Å². The van der Waals surface area contributed by atoms with Crippen LogP contribution in [0.5, 0.6) is 0 Å². The van der Waals surface area contributed by atoms with E-state index < -0.39 is 22.9 Å². The number of ether oxygens (including phenoxy) is 1. The van der Waals surface area contributed by atoms with Crippen molar-refractivity contribution in [2.75, 3.05) is 6.54 Å². The highest BCUT2D eigenvalue weighted by Crippen LogP contribution is 2.25. The van der Waals surface area contributed by atoms with Crippen LogP contribution in [-0.4, -0.2) is 23.3 Å². The number of nitrogens with zero attached hydrogens (tertiary/aromatic N) is 1. The molecule has 0 unspecified atom stereocenters. The van der Waals surface area contributed by atoms with Crippen LogP contribution >= 0.6 is 11.6 Å². The Labute approximate surface area is 148 Å². The van der Waals surface area contributed by atoms with Crippen LogP contribution in [0.3, 0.4) is 0 Å². The van der Waals surface area contributed by atoms with Crippen LogP contribution in [0.2, 0.25) is 5.02 Å². The van der Waals surface area contributed by atoms with Crippen LogP contribution in [0.15, 0.2) is 48.5 Å². The lowest BCUT2D eigenvalue weighted by Crippen LogP contribution is -2.31. The molecule has 0 heterocycles. The predicted molar refractivity (Wildman–Crippen MR) is 91.4 cm³/mol. The second-order valence-electron chi connectivity index (χ2n) is 5.15. The molecule has 8 heteroatoms. The molecule has 7 nitrogen and oxygen atoms in total. The largest absolute Gasteiger partial charge is 0.456 e. The Morgan fingerprint density at radius 1 is 1.24 bits per heavy atom. The summed E-state index contributed by atoms with van der Waals surface area (Å²) in [5, 5.41) is 13.1. The Kier molecular flexibility index (Phi) is 6.08. The van der Waals surface area contributed by atoms with Crippen molar-refractivity contribution in [3.8, 4) is 0 Å². The molecule has 1 amide bonds. The quantitative estimate of drug-likeness (QED) is 0.483. The number of rotatable bonds is 6. The summed E-state index contributed by atoms with van der Waals surface area (Å²) in [6, 6.07) is 12.8. The molecule has 0 aromatic heterocycles. The molecule has 2 aromatic carbocycles. The molecule has 2 aromatic rings. The average Bonchev–Trinajstić information content (AvgIpc) is 2.60. The number of esters is 1. The van der Waals surface area contributed by atoms with Gasteiger partial charge in [-0.05, 0) is 24.6 Å². The third-order valence-corrected chi connectivity index (χ3v) is 3.70. The zero-order valence-corrected chi connectivity index (χ0v) is 14.0. The van der Waals surface area contributed by atoms with E-state index in [4.69, 9.17) is 16.3 Å². The molecule has 0 saturated carbocycles. The fraction of sp³-hybridized carbons (Fsp3) is 0.176. The normalized spacial score (nSPS) is 11.4. The van der Waals surface area contributed by atoms with E-state index in [2.05, 4.69) is 5.32 Å². The first kappa shape index (κ1) is 18.4. The molecule has 0 aliphatic rings. The highest BCUT2D eigenvalue weighted by atomic mass is 35.5. The summed E-state index contributed by atoms with van der Waals surface area (Å²) >= 11 is 5.69. The van der Waals surface area contributed by atoms with E-state index in [1.165, 1.54) is 12.1 Å². The summed E-state index contributed by atoms with van der Waals surface area (Å²) in [6.07, 6.45) is -0.456. The van der Waals surface area contributed by atoms with Gasteiger partial charge < -0.3 is 10.1 Å². The fourth-order valence-corrected chi connectivity index (χ4v) is 2.27. The Bertz CT molecular complexity index is 795. The minimum atomic E-state index is -0.686. The second kappa shape index (κ2) is 8.25. The number of halogens is 1. The topological polar surface area (TPSA) is 98.5 Å². The molecule has 0 aliphatic heterocycles. The van der Waals surface area contributed by atoms with Gasteiger partial charge in [0.1, 0.15) is 17.7 Å². The maximum absolute atomic E-state index is 12.0. The SMILES string of the molecule is C[C@H](OC(=O)CNC(=O)c1ccc(Cl)c([N+](=O)[O-])c1)c1ccccc1. The van der Waals surface area contributed by atoms with Crippen molar-refractivity contribution in [3.63, 3.8) is 0 Å². The molecule has 25 heavy (non-hydrogen) atoms. The number of benzene rings is 2. The first-order chi connectivity index (χ1) is 11.9. The standard InChI is InChI=1S/C17H15ClN2O5/c1-11(12-5-3-2-4-6-12)25-16(21)10-19-17(22)13-7-8-14(18)15(9-13)20(23)24/h2-9,11H,10H2,1H3,(H,19,22)/t11-/m0/s1. The molecule has 0 aliphatic carbocycles. The van der Waals surface area contributed by atoms with Crippen LogP contribution < -0.4 is 5.32 Å². The van der Waals surface area contributed by atoms with Crippen molar-refractivity contribution >= 4 is 29.2 Å². The molecule has 1 N–H and O–H groups in total. The lowest BCUT2D eigenvalue weighted by Gasteiger charge is -2.13. The Balaban J connectivity index is 1.92. The zero-order chi connectivity index (χ0) is 18.4. The van der Waals surface area contributed by atoms with Crippen LogP contribution in [0, 0.1) is 10.1 Å². The predicted octanol–water partition coefficient (Wildman–Crippen LogP) is 3.28. The van der Waals surface area contributed by atoms with Crippen molar-refractivity contribution in [1.82, 2.24) is 5.32 Å². The number of hydrogen-bond donors (Lipinski definition) is 1. The van der Waals surface area contributed by atoms with E-state index >= 15 is 0 Å². The fourth-order valence-electron chi connectivity index (χ4n) is 2.08. The maximum Gasteiger partial charge on any atom is 0.326 e. The Morgan fingerprint density at radius 2 is 1.92 bits per heavy atom. The van der Waals surface area contributed by atoms with Gasteiger partial charge in [0.2, 0.25) is 0 Å². The highest BCUT2D eigenvalue weighted by molar-refractivity contribution is 6.32. The van der Waals surface area contributed by atoms with E-state index in [1.807, 2.05) is 30.3 Å². The minimum Gasteiger partial charge on any atom is -0.456 e. The number of hydrogen-bond acceptors (Lipinski definition) is 5. The van der Waals surface area contributed by atoms with E-state index in [0.717, 1.165) is 11.6 Å². The molecule has 0 fully saturated rings. The molecule has 0 radical (unpaired) electrons. The minimum absolute atomic E-state index is 0.0278. The third-order valence-electron chi connectivity index (χ3n) is 3.38. The van der Waals surface area contributed by atoms with E-state index in [-0.39, 0.29) is 22.8 Å². The summed E-state index contributed by atoms with van der Waals surface area (Å²) in [6.45, 7) is 1.37. The van der Waals surface area contributed by atoms with Gasteiger partial charge in [0.15, 0.2) is 0 Å². The van der Waals surface area contributed by atoms with Crippen molar-refractivity contribution in [1.29, 1.82) is 0 Å². The van der Waals surface area contributed by atoms with Gasteiger partial charge in [-0.1, -0.05) is 41.9 Å². The molecular weight excluding hydrogens is 348 g/mol. The van der Waals surface area contributed by atoms with Crippen LogP contribution in [0.1, 0.15) is 28.9 Å². The van der Waals surface area contributed by atoms with Gasteiger partial charge in [0.05, 0.1) is 4.92 Å². The number of amides is 1. The number of nitro groups is 1. The molecule has 130 valence electrons. The third kappa shape index (κ3) is 5.02. The first-order valence-electron chi connectivity index (χ1n) is 7.35. The summed E-state index contributed by atoms with van der Waals surface area (Å²) in [5.41, 5.74) is 0.477. The summed E-state index contributed by atoms with van der Waals surface area (Å²) in [5.74, 6) is -1.25. The van der Waals surface area contributed by atoms with Crippen molar-refractivity contribution in [2.45, 2.75) is 13.0 Å². The van der Waals surface area contributed by atoms with Crippen molar-refractivity contribution in [3.05, 3.63) is 74.8 Å². The van der Waals surface area contributed by atoms with Crippen LogP contribution in [-0.2, 0) is 9.53 Å². The van der Waals surface area contributed by atoms with Crippen LogP contribution in [0.4, 0.5) is 5.69 Å². The summed E-state index contributed by atoms with van der Waals surface area (Å²) in [4.78, 5) is 34.0. The molecule has 0 bridgehead atoms. The Morgan fingerprint density at radius 3 is 2.56 bits per heavy atom. The molecule has 2 rings (SSSR count). The number of nitrogens with one attached hydrogen (secondary N) is 1. The van der Waals surface area contributed by atoms with Gasteiger partial charge in [-0.25, -0.2) is 0 Å². The van der Waals surface area contributed by atoms with Gasteiger partial charge in [-0.2, -0.15) is 0 Å². The van der Waals surface area contributed by atoms with Gasteiger partial charge in [-0.15, -0.1) is 0 Å². The van der Waals surface area contributed by atoms with Gasteiger partial charge in [0.25, 0.3) is 11.6 Å². The van der Waals surface area contributed by atoms with Gasteiger partial charge in [-0.3, -0.25) is 19.7 Å². The number of carbonyl (C=O) groups excluding carboxylic acids is 2. The average molecular weight is 363 g/mol. The summed E-state index contributed by atoms with van der Waals surface area (Å²) in [7, 11) is 0. The monoisotopic (exact) mass is 362 g/mol. The molecular formula is C17H15ClN2O5. The zero-order valence-electron chi connectivity index (χ0n) is 13.3. The molecule has 0 saturated heterocycles. The number of nitro benzene ring substituents is 1. The van der Waals surface area contributed by atoms with Gasteiger partial charge in [0, 0.05) is 11.6 Å².